The first-order valence-corrected chi connectivity index (χ1v) is 4.90. The highest BCUT2D eigenvalue weighted by Crippen LogP contribution is 2.23. The molecule has 0 amide bonds. The van der Waals surface area contributed by atoms with Gasteiger partial charge in [0, 0.05) is 18.8 Å². The van der Waals surface area contributed by atoms with Gasteiger partial charge in [-0.2, -0.15) is 0 Å². The molecule has 0 fully saturated rings. The van der Waals surface area contributed by atoms with Crippen LogP contribution in [0.2, 0.25) is 0 Å². The predicted octanol–water partition coefficient (Wildman–Crippen LogP) is 1.01. The second-order valence-corrected chi connectivity index (χ2v) is 3.79. The van der Waals surface area contributed by atoms with Crippen molar-refractivity contribution in [3.8, 4) is 5.75 Å². The average molecular weight is 211 g/mol. The number of rotatable bonds is 3. The molecular formula is C11H17NO3. The number of hydrogen-bond donors (Lipinski definition) is 1. The van der Waals surface area contributed by atoms with Gasteiger partial charge in [0.15, 0.2) is 0 Å². The van der Waals surface area contributed by atoms with E-state index in [1.807, 2.05) is 13.8 Å². The maximum atomic E-state index is 11.9. The molecule has 1 heterocycles. The summed E-state index contributed by atoms with van der Waals surface area (Å²) in [5, 5.41) is 9.08. The Morgan fingerprint density at radius 1 is 1.53 bits per heavy atom. The van der Waals surface area contributed by atoms with Crippen molar-refractivity contribution in [2.45, 2.75) is 26.4 Å². The highest BCUT2D eigenvalue weighted by Gasteiger charge is 2.15. The van der Waals surface area contributed by atoms with Crippen LogP contribution in [0.1, 0.15) is 31.0 Å². The van der Waals surface area contributed by atoms with E-state index in [0.29, 0.717) is 17.0 Å². The third-order valence-electron chi connectivity index (χ3n) is 2.49. The highest BCUT2D eigenvalue weighted by atomic mass is 16.5. The molecule has 0 saturated carbocycles. The van der Waals surface area contributed by atoms with Crippen LogP contribution >= 0.6 is 0 Å². The van der Waals surface area contributed by atoms with Crippen LogP contribution in [0.3, 0.4) is 0 Å². The van der Waals surface area contributed by atoms with Crippen LogP contribution in [-0.4, -0.2) is 16.8 Å². The van der Waals surface area contributed by atoms with E-state index >= 15 is 0 Å². The van der Waals surface area contributed by atoms with Crippen molar-refractivity contribution < 1.29 is 9.84 Å². The molecule has 84 valence electrons. The van der Waals surface area contributed by atoms with E-state index in [-0.39, 0.29) is 18.1 Å². The number of aliphatic hydroxyl groups excluding tert-OH is 1. The fourth-order valence-corrected chi connectivity index (χ4v) is 1.59. The van der Waals surface area contributed by atoms with Crippen molar-refractivity contribution >= 4 is 0 Å². The quantitative estimate of drug-likeness (QED) is 0.811. The first-order chi connectivity index (χ1) is 7.02. The molecule has 0 aliphatic rings. The summed E-state index contributed by atoms with van der Waals surface area (Å²) in [5.41, 5.74) is 1.10. The maximum absolute atomic E-state index is 11.9. The summed E-state index contributed by atoms with van der Waals surface area (Å²) >= 11 is 0. The van der Waals surface area contributed by atoms with Crippen LogP contribution in [0.4, 0.5) is 0 Å². The van der Waals surface area contributed by atoms with Gasteiger partial charge in [0.1, 0.15) is 5.75 Å². The maximum Gasteiger partial charge on any atom is 0.257 e. The monoisotopic (exact) mass is 211 g/mol. The number of ether oxygens (including phenoxy) is 1. The molecule has 4 nitrogen and oxygen atoms in total. The van der Waals surface area contributed by atoms with Crippen molar-refractivity contribution in [1.29, 1.82) is 0 Å². The normalized spacial score (nSPS) is 10.8. The van der Waals surface area contributed by atoms with E-state index in [0.717, 1.165) is 0 Å². The summed E-state index contributed by atoms with van der Waals surface area (Å²) in [4.78, 5) is 11.9. The third-order valence-corrected chi connectivity index (χ3v) is 2.49. The summed E-state index contributed by atoms with van der Waals surface area (Å²) < 4.78 is 6.62. The topological polar surface area (TPSA) is 51.5 Å². The lowest BCUT2D eigenvalue weighted by Crippen LogP contribution is -2.25. The average Bonchev–Trinajstić information content (AvgIpc) is 2.20. The molecular weight excluding hydrogens is 194 g/mol. The molecule has 4 heteroatoms. The van der Waals surface area contributed by atoms with Crippen molar-refractivity contribution in [3.05, 3.63) is 27.7 Å². The lowest BCUT2D eigenvalue weighted by atomic mass is 10.0. The van der Waals surface area contributed by atoms with E-state index in [9.17, 15) is 4.79 Å². The minimum absolute atomic E-state index is 0.103. The Hall–Kier alpha value is -1.29. The minimum Gasteiger partial charge on any atom is -0.496 e. The molecule has 0 aliphatic heterocycles. The SMILES string of the molecule is COc1cc(CO)n(C)c(=O)c1C(C)C. The van der Waals surface area contributed by atoms with Gasteiger partial charge in [-0.3, -0.25) is 4.79 Å². The van der Waals surface area contributed by atoms with E-state index in [2.05, 4.69) is 0 Å². The standard InChI is InChI=1S/C11H17NO3/c1-7(2)10-9(15-4)5-8(6-13)12(3)11(10)14/h5,7,13H,6H2,1-4H3. The number of aliphatic hydroxyl groups is 1. The number of hydrogen-bond acceptors (Lipinski definition) is 3. The molecule has 1 N–H and O–H groups in total. The Kier molecular flexibility index (Phi) is 3.52. The van der Waals surface area contributed by atoms with Crippen LogP contribution < -0.4 is 10.3 Å². The molecule has 1 rings (SSSR count). The van der Waals surface area contributed by atoms with Gasteiger partial charge in [-0.25, -0.2) is 0 Å². The molecule has 1 aromatic heterocycles. The molecule has 0 atom stereocenters. The summed E-state index contributed by atoms with van der Waals surface area (Å²) in [6, 6.07) is 1.71. The van der Waals surface area contributed by atoms with Crippen LogP contribution in [-0.2, 0) is 13.7 Å². The van der Waals surface area contributed by atoms with Gasteiger partial charge < -0.3 is 14.4 Å². The third kappa shape index (κ3) is 2.04. The predicted molar refractivity (Wildman–Crippen MR) is 58.2 cm³/mol. The summed E-state index contributed by atoms with van der Waals surface area (Å²) in [6.07, 6.45) is 0. The summed E-state index contributed by atoms with van der Waals surface area (Å²) in [6.45, 7) is 3.72. The van der Waals surface area contributed by atoms with Gasteiger partial charge in [-0.05, 0) is 5.92 Å². The molecule has 1 aromatic rings. The lowest BCUT2D eigenvalue weighted by molar-refractivity contribution is 0.269. The van der Waals surface area contributed by atoms with Gasteiger partial charge in [0.2, 0.25) is 0 Å². The van der Waals surface area contributed by atoms with Gasteiger partial charge in [0.25, 0.3) is 5.56 Å². The minimum atomic E-state index is -0.166. The molecule has 15 heavy (non-hydrogen) atoms. The van der Waals surface area contributed by atoms with E-state index in [1.165, 1.54) is 11.7 Å². The Bertz CT molecular complexity index is 407. The molecule has 0 aromatic carbocycles. The van der Waals surface area contributed by atoms with E-state index < -0.39 is 0 Å². The first kappa shape index (κ1) is 11.8. The Balaban J connectivity index is 3.52. The molecule has 0 unspecified atom stereocenters. The van der Waals surface area contributed by atoms with Crippen molar-refractivity contribution in [2.24, 2.45) is 7.05 Å². The van der Waals surface area contributed by atoms with Crippen LogP contribution in [0.5, 0.6) is 5.75 Å². The molecule has 0 saturated heterocycles. The fourth-order valence-electron chi connectivity index (χ4n) is 1.59. The zero-order valence-electron chi connectivity index (χ0n) is 9.57. The van der Waals surface area contributed by atoms with Gasteiger partial charge in [0.05, 0.1) is 19.3 Å². The van der Waals surface area contributed by atoms with E-state index in [1.54, 1.807) is 13.1 Å². The van der Waals surface area contributed by atoms with Gasteiger partial charge in [-0.1, -0.05) is 13.8 Å². The number of pyridine rings is 1. The van der Waals surface area contributed by atoms with Crippen LogP contribution in [0.15, 0.2) is 10.9 Å². The second-order valence-electron chi connectivity index (χ2n) is 3.79. The first-order valence-electron chi connectivity index (χ1n) is 4.90. The summed E-state index contributed by atoms with van der Waals surface area (Å²) in [5.74, 6) is 0.656. The lowest BCUT2D eigenvalue weighted by Gasteiger charge is -2.15. The number of methoxy groups -OCH3 is 1. The zero-order chi connectivity index (χ0) is 11.6. The zero-order valence-corrected chi connectivity index (χ0v) is 9.57. The van der Waals surface area contributed by atoms with Crippen molar-refractivity contribution in [3.63, 3.8) is 0 Å². The van der Waals surface area contributed by atoms with Gasteiger partial charge in [-0.15, -0.1) is 0 Å². The second kappa shape index (κ2) is 4.49. The molecule has 0 radical (unpaired) electrons. The van der Waals surface area contributed by atoms with E-state index in [4.69, 9.17) is 9.84 Å². The van der Waals surface area contributed by atoms with Gasteiger partial charge >= 0.3 is 0 Å². The summed E-state index contributed by atoms with van der Waals surface area (Å²) in [7, 11) is 3.18. The fraction of sp³-hybridized carbons (Fsp3) is 0.545. The Morgan fingerprint density at radius 2 is 2.13 bits per heavy atom. The highest BCUT2D eigenvalue weighted by molar-refractivity contribution is 5.36. The van der Waals surface area contributed by atoms with Crippen LogP contribution in [0.25, 0.3) is 0 Å². The molecule has 0 aliphatic carbocycles. The van der Waals surface area contributed by atoms with Crippen molar-refractivity contribution in [2.75, 3.05) is 7.11 Å². The largest absolute Gasteiger partial charge is 0.496 e. The number of nitrogens with zero attached hydrogens (tertiary/aromatic N) is 1. The Labute approximate surface area is 89.1 Å². The van der Waals surface area contributed by atoms with Crippen LogP contribution in [0, 0.1) is 0 Å². The van der Waals surface area contributed by atoms with Crippen molar-refractivity contribution in [1.82, 2.24) is 4.57 Å². The molecule has 0 bridgehead atoms. The number of aromatic nitrogens is 1. The Morgan fingerprint density at radius 3 is 2.53 bits per heavy atom. The smallest absolute Gasteiger partial charge is 0.257 e. The molecule has 0 spiro atoms.